The summed E-state index contributed by atoms with van der Waals surface area (Å²) in [6.45, 7) is 4.16. The van der Waals surface area contributed by atoms with Crippen molar-refractivity contribution in [1.82, 2.24) is 19.9 Å². The van der Waals surface area contributed by atoms with Gasteiger partial charge in [0.2, 0.25) is 0 Å². The van der Waals surface area contributed by atoms with Crippen molar-refractivity contribution in [2.45, 2.75) is 46.0 Å². The van der Waals surface area contributed by atoms with Gasteiger partial charge in [-0.3, -0.25) is 0 Å². The molecule has 0 amide bonds. The predicted molar refractivity (Wildman–Crippen MR) is 178 cm³/mol. The number of aromatic nitrogens is 4. The van der Waals surface area contributed by atoms with Crippen LogP contribution < -0.4 is 0 Å². The molecule has 0 saturated carbocycles. The van der Waals surface area contributed by atoms with Gasteiger partial charge in [0.25, 0.3) is 0 Å². The van der Waals surface area contributed by atoms with Crippen LogP contribution in [0.2, 0.25) is 0 Å². The summed E-state index contributed by atoms with van der Waals surface area (Å²) in [7, 11) is 0. The third-order valence-electron chi connectivity index (χ3n) is 7.52. The van der Waals surface area contributed by atoms with Gasteiger partial charge in [0, 0.05) is 35.9 Å². The van der Waals surface area contributed by atoms with Crippen LogP contribution in [0, 0.1) is 24.4 Å². The highest BCUT2D eigenvalue weighted by Gasteiger charge is 2.07. The van der Waals surface area contributed by atoms with Crippen LogP contribution >= 0.6 is 0 Å². The first-order chi connectivity index (χ1) is 22.4. The van der Waals surface area contributed by atoms with Crippen LogP contribution in [0.25, 0.3) is 45.0 Å². The summed E-state index contributed by atoms with van der Waals surface area (Å²) < 4.78 is 39.3. The lowest BCUT2D eigenvalue weighted by atomic mass is 10.0. The van der Waals surface area contributed by atoms with Gasteiger partial charge < -0.3 is 0 Å². The Labute approximate surface area is 268 Å². The van der Waals surface area contributed by atoms with Crippen molar-refractivity contribution in [2.75, 3.05) is 0 Å². The predicted octanol–water partition coefficient (Wildman–Crippen LogP) is 10.5. The van der Waals surface area contributed by atoms with E-state index >= 15 is 0 Å². The highest BCUT2D eigenvalue weighted by Crippen LogP contribution is 2.25. The summed E-state index contributed by atoms with van der Waals surface area (Å²) in [5.41, 5.74) is 7.55. The Balaban J connectivity index is 0.000000187. The van der Waals surface area contributed by atoms with E-state index in [-0.39, 0.29) is 5.82 Å². The van der Waals surface area contributed by atoms with E-state index in [9.17, 15) is 13.2 Å². The van der Waals surface area contributed by atoms with E-state index in [1.807, 2.05) is 67.8 Å². The van der Waals surface area contributed by atoms with Crippen molar-refractivity contribution in [3.63, 3.8) is 0 Å². The van der Waals surface area contributed by atoms with Crippen molar-refractivity contribution in [3.8, 4) is 45.0 Å². The largest absolute Gasteiger partial charge is 0.236 e. The van der Waals surface area contributed by atoms with Gasteiger partial charge in [0.15, 0.2) is 23.3 Å². The normalized spacial score (nSPS) is 10.7. The first-order valence-electron chi connectivity index (χ1n) is 15.4. The Bertz CT molecular complexity index is 1760. The molecule has 4 nitrogen and oxygen atoms in total. The molecule has 6 aromatic rings. The number of benzene rings is 4. The molecule has 2 heterocycles. The lowest BCUT2D eigenvalue weighted by Crippen LogP contribution is -1.93. The Hall–Kier alpha value is -5.17. The molecular formula is C39H35F3N4. The van der Waals surface area contributed by atoms with Gasteiger partial charge in [0.05, 0.1) is 0 Å². The highest BCUT2D eigenvalue weighted by atomic mass is 19.2. The number of unbranched alkanes of at least 4 members (excludes halogenated alkanes) is 3. The zero-order valence-electron chi connectivity index (χ0n) is 25.9. The van der Waals surface area contributed by atoms with Crippen molar-refractivity contribution >= 4 is 0 Å². The molecule has 0 unspecified atom stereocenters. The van der Waals surface area contributed by atoms with Gasteiger partial charge >= 0.3 is 0 Å². The van der Waals surface area contributed by atoms with Crippen LogP contribution in [0.3, 0.4) is 0 Å². The fourth-order valence-electron chi connectivity index (χ4n) is 4.87. The minimum absolute atomic E-state index is 0.224. The third-order valence-corrected chi connectivity index (χ3v) is 7.52. The van der Waals surface area contributed by atoms with Crippen LogP contribution in [-0.4, -0.2) is 19.9 Å². The molecule has 0 atom stereocenters. The van der Waals surface area contributed by atoms with Crippen molar-refractivity contribution in [1.29, 1.82) is 0 Å². The van der Waals surface area contributed by atoms with E-state index in [2.05, 4.69) is 26.9 Å². The lowest BCUT2D eigenvalue weighted by molar-refractivity contribution is 0.509. The second-order valence-corrected chi connectivity index (χ2v) is 11.1. The summed E-state index contributed by atoms with van der Waals surface area (Å²) in [5.74, 6) is -0.531. The summed E-state index contributed by atoms with van der Waals surface area (Å²) in [5, 5.41) is 0. The number of hydrogen-bond acceptors (Lipinski definition) is 4. The van der Waals surface area contributed by atoms with Crippen molar-refractivity contribution in [2.24, 2.45) is 0 Å². The van der Waals surface area contributed by atoms with Crippen LogP contribution in [0.1, 0.15) is 43.7 Å². The highest BCUT2D eigenvalue weighted by molar-refractivity contribution is 5.68. The zero-order valence-corrected chi connectivity index (χ0v) is 25.9. The average molecular weight is 617 g/mol. The minimum atomic E-state index is -0.843. The van der Waals surface area contributed by atoms with E-state index < -0.39 is 11.6 Å². The number of aryl methyl sites for hydroxylation is 2. The maximum Gasteiger partial charge on any atom is 0.159 e. The molecule has 0 fully saturated rings. The fourth-order valence-corrected chi connectivity index (χ4v) is 4.87. The molecule has 0 radical (unpaired) electrons. The third kappa shape index (κ3) is 8.72. The van der Waals surface area contributed by atoms with Crippen LogP contribution in [-0.2, 0) is 6.42 Å². The van der Waals surface area contributed by atoms with E-state index in [4.69, 9.17) is 0 Å². The van der Waals surface area contributed by atoms with E-state index in [0.29, 0.717) is 17.2 Å². The lowest BCUT2D eigenvalue weighted by Gasteiger charge is -2.06. The fraction of sp³-hybridized carbons (Fsp3) is 0.179. The van der Waals surface area contributed by atoms with Gasteiger partial charge in [-0.05, 0) is 77.4 Å². The number of hydrogen-bond donors (Lipinski definition) is 0. The monoisotopic (exact) mass is 616 g/mol. The quantitative estimate of drug-likeness (QED) is 0.152. The van der Waals surface area contributed by atoms with E-state index in [1.165, 1.54) is 43.9 Å². The van der Waals surface area contributed by atoms with Gasteiger partial charge in [-0.15, -0.1) is 0 Å². The molecule has 232 valence electrons. The molecule has 2 aromatic heterocycles. The zero-order chi connectivity index (χ0) is 32.3. The molecule has 0 aliphatic rings. The molecule has 7 heteroatoms. The van der Waals surface area contributed by atoms with Gasteiger partial charge in [-0.25, -0.2) is 33.1 Å². The van der Waals surface area contributed by atoms with Crippen molar-refractivity contribution in [3.05, 3.63) is 144 Å². The average Bonchev–Trinajstić information content (AvgIpc) is 3.09. The SMILES string of the molecule is CCCCCCc1cnc(-c2ccc(-c3ccc(F)c(F)c3)cc2)nc1.Cc1cnc(-c2ccc(-c3ccc(F)cc3)cc2)nc1. The molecule has 0 spiro atoms. The number of nitrogens with zero attached hydrogens (tertiary/aromatic N) is 4. The molecule has 0 aliphatic carbocycles. The van der Waals surface area contributed by atoms with Crippen LogP contribution in [0.5, 0.6) is 0 Å². The minimum Gasteiger partial charge on any atom is -0.236 e. The summed E-state index contributed by atoms with van der Waals surface area (Å²) >= 11 is 0. The summed E-state index contributed by atoms with van der Waals surface area (Å²) in [6, 6.07) is 25.8. The summed E-state index contributed by atoms with van der Waals surface area (Å²) in [6.07, 6.45) is 13.3. The van der Waals surface area contributed by atoms with Crippen molar-refractivity contribution < 1.29 is 13.2 Å². The molecule has 0 bridgehead atoms. The first kappa shape index (κ1) is 32.2. The maximum absolute atomic E-state index is 13.4. The maximum atomic E-state index is 13.4. The van der Waals surface area contributed by atoms with E-state index in [1.54, 1.807) is 30.6 Å². The Morgan fingerprint density at radius 2 is 0.935 bits per heavy atom. The Morgan fingerprint density at radius 1 is 0.478 bits per heavy atom. The number of halogens is 3. The molecule has 6 rings (SSSR count). The van der Waals surface area contributed by atoms with Gasteiger partial charge in [-0.2, -0.15) is 0 Å². The Morgan fingerprint density at radius 3 is 1.46 bits per heavy atom. The molecule has 4 aromatic carbocycles. The molecule has 0 saturated heterocycles. The Kier molecular flexibility index (Phi) is 11.0. The first-order valence-corrected chi connectivity index (χ1v) is 15.4. The second kappa shape index (κ2) is 15.7. The molecule has 46 heavy (non-hydrogen) atoms. The molecule has 0 N–H and O–H groups in total. The summed E-state index contributed by atoms with van der Waals surface area (Å²) in [4.78, 5) is 17.5. The second-order valence-electron chi connectivity index (χ2n) is 11.1. The van der Waals surface area contributed by atoms with Gasteiger partial charge in [0.1, 0.15) is 5.82 Å². The molecule has 0 aliphatic heterocycles. The standard InChI is InChI=1S/C22H22F2N2.C17H13FN2/c1-2-3-4-5-6-16-14-25-22(26-15-16)18-9-7-17(8-10-18)19-11-12-20(23)21(24)13-19;1-12-10-19-17(20-11-12)15-4-2-13(3-5-15)14-6-8-16(18)9-7-14/h7-15H,2-6H2,1H3;2-11H,1H3. The number of rotatable bonds is 9. The van der Waals surface area contributed by atoms with E-state index in [0.717, 1.165) is 51.4 Å². The topological polar surface area (TPSA) is 51.6 Å². The van der Waals surface area contributed by atoms with Crippen LogP contribution in [0.15, 0.2) is 116 Å². The molecular weight excluding hydrogens is 581 g/mol. The van der Waals surface area contributed by atoms with Crippen LogP contribution in [0.4, 0.5) is 13.2 Å². The van der Waals surface area contributed by atoms with Gasteiger partial charge in [-0.1, -0.05) is 92.9 Å². The smallest absolute Gasteiger partial charge is 0.159 e.